The molecule has 1 aliphatic carbocycles. The van der Waals surface area contributed by atoms with Crippen LogP contribution in [0.5, 0.6) is 0 Å². The molecular weight excluding hydrogens is 340 g/mol. The molecule has 0 saturated heterocycles. The Kier molecular flexibility index (Phi) is 8.33. The maximum Gasteiger partial charge on any atom is 0.239 e. The maximum atomic E-state index is 12.3. The fourth-order valence-corrected chi connectivity index (χ4v) is 3.15. The van der Waals surface area contributed by atoms with Crippen LogP contribution in [0.25, 0.3) is 0 Å². The third-order valence-electron chi connectivity index (χ3n) is 4.53. The third kappa shape index (κ3) is 7.06. The van der Waals surface area contributed by atoms with Gasteiger partial charge in [0, 0.05) is 11.7 Å². The van der Waals surface area contributed by atoms with Crippen molar-refractivity contribution < 1.29 is 9.59 Å². The van der Waals surface area contributed by atoms with Crippen molar-refractivity contribution >= 4 is 11.8 Å². The smallest absolute Gasteiger partial charge is 0.239 e. The Morgan fingerprint density at radius 3 is 2.22 bits per heavy atom. The van der Waals surface area contributed by atoms with Crippen molar-refractivity contribution in [3.63, 3.8) is 0 Å². The van der Waals surface area contributed by atoms with Crippen molar-refractivity contribution in [2.24, 2.45) is 0 Å². The molecule has 4 N–H and O–H groups in total. The van der Waals surface area contributed by atoms with Crippen LogP contribution in [-0.4, -0.2) is 44.0 Å². The van der Waals surface area contributed by atoms with Crippen LogP contribution in [0.1, 0.15) is 38.7 Å². The zero-order valence-corrected chi connectivity index (χ0v) is 16.6. The Balaban J connectivity index is 2.16. The second-order valence-corrected chi connectivity index (χ2v) is 7.29. The average Bonchev–Trinajstić information content (AvgIpc) is 2.56. The summed E-state index contributed by atoms with van der Waals surface area (Å²) in [5.41, 5.74) is 3.45. The van der Waals surface area contributed by atoms with Gasteiger partial charge in [0.25, 0.3) is 0 Å². The lowest BCUT2D eigenvalue weighted by Gasteiger charge is -2.30. The van der Waals surface area contributed by atoms with Gasteiger partial charge in [0.1, 0.15) is 0 Å². The van der Waals surface area contributed by atoms with E-state index < -0.39 is 0 Å². The van der Waals surface area contributed by atoms with Crippen LogP contribution in [0.2, 0.25) is 0 Å². The molecule has 1 fully saturated rings. The summed E-state index contributed by atoms with van der Waals surface area (Å²) in [5, 5.41) is 12.2. The van der Waals surface area contributed by atoms with Crippen LogP contribution >= 0.6 is 0 Å². The molecule has 1 atom stereocenters. The Morgan fingerprint density at radius 2 is 1.67 bits per heavy atom. The first-order valence-corrected chi connectivity index (χ1v) is 9.72. The maximum absolute atomic E-state index is 12.3. The summed E-state index contributed by atoms with van der Waals surface area (Å²) in [4.78, 5) is 24.4. The van der Waals surface area contributed by atoms with Gasteiger partial charge in [-0.1, -0.05) is 30.3 Å². The summed E-state index contributed by atoms with van der Waals surface area (Å²) >= 11 is 0. The minimum absolute atomic E-state index is 0.0394. The highest BCUT2D eigenvalue weighted by molar-refractivity contribution is 5.79. The number of allylic oxidation sites excluding steroid dienone is 1. The van der Waals surface area contributed by atoms with E-state index in [4.69, 9.17) is 0 Å². The second-order valence-electron chi connectivity index (χ2n) is 7.29. The first kappa shape index (κ1) is 21.0. The first-order valence-electron chi connectivity index (χ1n) is 9.72. The average molecular weight is 373 g/mol. The van der Waals surface area contributed by atoms with Crippen LogP contribution in [-0.2, 0) is 16.0 Å². The first-order chi connectivity index (χ1) is 13.0. The summed E-state index contributed by atoms with van der Waals surface area (Å²) in [5.74, 6) is -0.0910. The molecular formula is C21H32N4O2. The van der Waals surface area contributed by atoms with Gasteiger partial charge in [0.15, 0.2) is 0 Å². The summed E-state index contributed by atoms with van der Waals surface area (Å²) in [6, 6.07) is 10.0. The molecule has 0 heterocycles. The van der Waals surface area contributed by atoms with Gasteiger partial charge in [-0.2, -0.15) is 0 Å². The largest absolute Gasteiger partial charge is 0.378 e. The van der Waals surface area contributed by atoms with Crippen LogP contribution in [0.4, 0.5) is 0 Å². The van der Waals surface area contributed by atoms with Gasteiger partial charge < -0.3 is 21.3 Å². The van der Waals surface area contributed by atoms with E-state index in [0.29, 0.717) is 6.42 Å². The van der Waals surface area contributed by atoms with E-state index in [0.717, 1.165) is 30.5 Å². The number of rotatable bonds is 10. The standard InChI is InChI=1S/C21H32N4O2/c1-15(2)24-20(27)14-23-21(17-10-7-11-17)18(25-19(26)13-22-3)12-16-8-5-4-6-9-16/h4-6,8-9,15,18,22-23H,7,10-14H2,1-3H3,(H,24,27)(H,25,26). The van der Waals surface area contributed by atoms with E-state index in [9.17, 15) is 9.59 Å². The van der Waals surface area contributed by atoms with Crippen LogP contribution in [0, 0.1) is 0 Å². The van der Waals surface area contributed by atoms with Gasteiger partial charge >= 0.3 is 0 Å². The number of likely N-dealkylation sites (N-methyl/N-ethyl adjacent to an activating group) is 1. The monoisotopic (exact) mass is 372 g/mol. The highest BCUT2D eigenvalue weighted by Crippen LogP contribution is 2.29. The molecule has 0 radical (unpaired) electrons. The lowest BCUT2D eigenvalue weighted by molar-refractivity contribution is -0.121. The number of amides is 2. The number of nitrogens with one attached hydrogen (secondary N) is 4. The molecule has 1 aromatic carbocycles. The fraction of sp³-hybridized carbons (Fsp3) is 0.524. The molecule has 1 aliphatic rings. The number of carbonyl (C=O) groups excluding carboxylic acids is 2. The number of carbonyl (C=O) groups is 2. The van der Waals surface area contributed by atoms with E-state index in [-0.39, 0.29) is 37.0 Å². The zero-order valence-electron chi connectivity index (χ0n) is 16.6. The number of hydrogen-bond donors (Lipinski definition) is 4. The van der Waals surface area contributed by atoms with Gasteiger partial charge in [0.05, 0.1) is 19.1 Å². The number of hydrogen-bond acceptors (Lipinski definition) is 4. The normalized spacial score (nSPS) is 14.3. The minimum Gasteiger partial charge on any atom is -0.378 e. The molecule has 0 bridgehead atoms. The van der Waals surface area contributed by atoms with Crippen molar-refractivity contribution in [1.29, 1.82) is 0 Å². The molecule has 2 rings (SSSR count). The Bertz CT molecular complexity index is 649. The third-order valence-corrected chi connectivity index (χ3v) is 4.53. The molecule has 6 nitrogen and oxygen atoms in total. The highest BCUT2D eigenvalue weighted by Gasteiger charge is 2.24. The second kappa shape index (κ2) is 10.7. The van der Waals surface area contributed by atoms with Crippen molar-refractivity contribution in [2.75, 3.05) is 20.1 Å². The van der Waals surface area contributed by atoms with Crippen LogP contribution in [0.15, 0.2) is 41.6 Å². The van der Waals surface area contributed by atoms with E-state index in [1.807, 2.05) is 32.0 Å². The van der Waals surface area contributed by atoms with E-state index in [1.165, 1.54) is 5.57 Å². The summed E-state index contributed by atoms with van der Waals surface area (Å²) in [6.07, 6.45) is 3.87. The topological polar surface area (TPSA) is 82.3 Å². The molecule has 1 saturated carbocycles. The lowest BCUT2D eigenvalue weighted by Crippen LogP contribution is -2.47. The van der Waals surface area contributed by atoms with Gasteiger partial charge in [-0.05, 0) is 57.7 Å². The van der Waals surface area contributed by atoms with Crippen molar-refractivity contribution in [2.45, 2.75) is 51.6 Å². The minimum atomic E-state index is -0.171. The Morgan fingerprint density at radius 1 is 1.00 bits per heavy atom. The Labute approximate surface area is 162 Å². The Hall–Kier alpha value is -2.34. The quantitative estimate of drug-likeness (QED) is 0.501. The molecule has 148 valence electrons. The SMILES string of the molecule is CNCC(=O)NC(Cc1ccccc1)C(NCC(=O)NC(C)C)=C1CCC1. The summed E-state index contributed by atoms with van der Waals surface area (Å²) < 4.78 is 0. The fourth-order valence-electron chi connectivity index (χ4n) is 3.15. The van der Waals surface area contributed by atoms with Gasteiger partial charge in [-0.25, -0.2) is 0 Å². The summed E-state index contributed by atoms with van der Waals surface area (Å²) in [6.45, 7) is 4.37. The lowest BCUT2D eigenvalue weighted by atomic mass is 9.87. The molecule has 0 aromatic heterocycles. The summed E-state index contributed by atoms with van der Waals surface area (Å²) in [7, 11) is 1.76. The molecule has 0 aliphatic heterocycles. The van der Waals surface area contributed by atoms with Crippen molar-refractivity contribution in [1.82, 2.24) is 21.3 Å². The molecule has 6 heteroatoms. The van der Waals surface area contributed by atoms with E-state index >= 15 is 0 Å². The predicted octanol–water partition coefficient (Wildman–Crippen LogP) is 1.49. The molecule has 1 unspecified atom stereocenters. The van der Waals surface area contributed by atoms with Gasteiger partial charge in [-0.3, -0.25) is 9.59 Å². The van der Waals surface area contributed by atoms with Crippen LogP contribution < -0.4 is 21.3 Å². The van der Waals surface area contributed by atoms with E-state index in [2.05, 4.69) is 33.4 Å². The zero-order chi connectivity index (χ0) is 19.6. The molecule has 0 spiro atoms. The van der Waals surface area contributed by atoms with Crippen LogP contribution in [0.3, 0.4) is 0 Å². The van der Waals surface area contributed by atoms with E-state index in [1.54, 1.807) is 7.05 Å². The van der Waals surface area contributed by atoms with Crippen molar-refractivity contribution in [3.05, 3.63) is 47.2 Å². The van der Waals surface area contributed by atoms with Gasteiger partial charge in [-0.15, -0.1) is 0 Å². The van der Waals surface area contributed by atoms with Gasteiger partial charge in [0.2, 0.25) is 11.8 Å². The van der Waals surface area contributed by atoms with Crippen molar-refractivity contribution in [3.8, 4) is 0 Å². The molecule has 2 amide bonds. The predicted molar refractivity (Wildman–Crippen MR) is 108 cm³/mol. The molecule has 27 heavy (non-hydrogen) atoms. The molecule has 1 aromatic rings. The highest BCUT2D eigenvalue weighted by atomic mass is 16.2. The number of benzene rings is 1.